The molecule has 0 aliphatic rings. The molecule has 0 radical (unpaired) electrons. The van der Waals surface area contributed by atoms with E-state index in [1.54, 1.807) is 12.1 Å². The lowest BCUT2D eigenvalue weighted by Gasteiger charge is -2.10. The molecule has 0 bridgehead atoms. The Morgan fingerprint density at radius 1 is 1.28 bits per heavy atom. The molecule has 0 saturated heterocycles. The standard InChI is InChI=1S/C11H12Br2N4O/c1-6-15-16-10(17(6)2)5-18-11-8(12)3-7(14)4-9(11)13/h3-4H,5,14H2,1-2H3. The third kappa shape index (κ3) is 2.67. The number of hydrogen-bond acceptors (Lipinski definition) is 4. The van der Waals surface area contributed by atoms with Crippen molar-refractivity contribution in [1.29, 1.82) is 0 Å². The average molecular weight is 376 g/mol. The zero-order valence-corrected chi connectivity index (χ0v) is 13.1. The average Bonchev–Trinajstić information content (AvgIpc) is 2.59. The van der Waals surface area contributed by atoms with Gasteiger partial charge in [-0.3, -0.25) is 0 Å². The van der Waals surface area contributed by atoms with Crippen LogP contribution in [-0.2, 0) is 13.7 Å². The molecule has 0 amide bonds. The number of aryl methyl sites for hydroxylation is 1. The minimum absolute atomic E-state index is 0.346. The Hall–Kier alpha value is -1.08. The van der Waals surface area contributed by atoms with Crippen molar-refractivity contribution in [2.75, 3.05) is 5.73 Å². The van der Waals surface area contributed by atoms with Crippen LogP contribution in [0.15, 0.2) is 21.1 Å². The highest BCUT2D eigenvalue weighted by Crippen LogP contribution is 2.35. The van der Waals surface area contributed by atoms with E-state index in [1.807, 2.05) is 18.5 Å². The first-order valence-corrected chi connectivity index (χ1v) is 6.80. The maximum Gasteiger partial charge on any atom is 0.170 e. The first kappa shape index (κ1) is 13.4. The van der Waals surface area contributed by atoms with Gasteiger partial charge in [-0.25, -0.2) is 0 Å². The number of anilines is 1. The zero-order chi connectivity index (χ0) is 13.3. The van der Waals surface area contributed by atoms with E-state index in [2.05, 4.69) is 42.1 Å². The molecule has 1 aromatic carbocycles. The summed E-state index contributed by atoms with van der Waals surface area (Å²) in [5, 5.41) is 8.02. The molecule has 96 valence electrons. The first-order chi connectivity index (χ1) is 8.49. The molecule has 0 saturated carbocycles. The summed E-state index contributed by atoms with van der Waals surface area (Å²) in [5.41, 5.74) is 6.38. The van der Waals surface area contributed by atoms with Crippen molar-refractivity contribution in [2.24, 2.45) is 7.05 Å². The summed E-state index contributed by atoms with van der Waals surface area (Å²) < 4.78 is 9.22. The van der Waals surface area contributed by atoms with Gasteiger partial charge in [0.2, 0.25) is 0 Å². The molecule has 0 atom stereocenters. The molecule has 1 heterocycles. The highest BCUT2D eigenvalue weighted by molar-refractivity contribution is 9.11. The number of nitrogen functional groups attached to an aromatic ring is 1. The molecule has 0 unspecified atom stereocenters. The van der Waals surface area contributed by atoms with Gasteiger partial charge >= 0.3 is 0 Å². The topological polar surface area (TPSA) is 66.0 Å². The number of ether oxygens (including phenoxy) is 1. The molecule has 7 heteroatoms. The number of benzene rings is 1. The molecule has 2 N–H and O–H groups in total. The maximum absolute atomic E-state index is 5.73. The van der Waals surface area contributed by atoms with Gasteiger partial charge in [0.15, 0.2) is 5.82 Å². The Morgan fingerprint density at radius 3 is 2.39 bits per heavy atom. The Bertz CT molecular complexity index is 559. The highest BCUT2D eigenvalue weighted by Gasteiger charge is 2.11. The number of nitrogens with zero attached hydrogens (tertiary/aromatic N) is 3. The van der Waals surface area contributed by atoms with Crippen molar-refractivity contribution in [3.8, 4) is 5.75 Å². The van der Waals surface area contributed by atoms with Gasteiger partial charge in [0.05, 0.1) is 8.95 Å². The molecule has 18 heavy (non-hydrogen) atoms. The fourth-order valence-corrected chi connectivity index (χ4v) is 2.88. The highest BCUT2D eigenvalue weighted by atomic mass is 79.9. The van der Waals surface area contributed by atoms with Crippen LogP contribution in [0.2, 0.25) is 0 Å². The fourth-order valence-electron chi connectivity index (χ4n) is 1.43. The van der Waals surface area contributed by atoms with Gasteiger partial charge in [-0.1, -0.05) is 0 Å². The molecular formula is C11H12Br2N4O. The minimum atomic E-state index is 0.346. The number of hydrogen-bond donors (Lipinski definition) is 1. The second-order valence-electron chi connectivity index (χ2n) is 3.82. The van der Waals surface area contributed by atoms with Crippen LogP contribution in [0.25, 0.3) is 0 Å². The third-order valence-electron chi connectivity index (χ3n) is 2.55. The third-order valence-corrected chi connectivity index (χ3v) is 3.73. The summed E-state index contributed by atoms with van der Waals surface area (Å²) in [4.78, 5) is 0. The fraction of sp³-hybridized carbons (Fsp3) is 0.273. The number of halogens is 2. The predicted molar refractivity (Wildman–Crippen MR) is 76.3 cm³/mol. The summed E-state index contributed by atoms with van der Waals surface area (Å²) in [5.74, 6) is 2.32. The van der Waals surface area contributed by atoms with Crippen LogP contribution in [0.3, 0.4) is 0 Å². The van der Waals surface area contributed by atoms with Crippen LogP contribution >= 0.6 is 31.9 Å². The zero-order valence-electron chi connectivity index (χ0n) is 9.94. The van der Waals surface area contributed by atoms with E-state index in [1.165, 1.54) is 0 Å². The Morgan fingerprint density at radius 2 is 1.89 bits per heavy atom. The monoisotopic (exact) mass is 374 g/mol. The van der Waals surface area contributed by atoms with Gasteiger partial charge in [-0.2, -0.15) is 0 Å². The second-order valence-corrected chi connectivity index (χ2v) is 5.53. The second kappa shape index (κ2) is 5.27. The lowest BCUT2D eigenvalue weighted by atomic mass is 10.3. The van der Waals surface area contributed by atoms with Crippen molar-refractivity contribution in [2.45, 2.75) is 13.5 Å². The van der Waals surface area contributed by atoms with Crippen LogP contribution in [0.1, 0.15) is 11.6 Å². The SMILES string of the molecule is Cc1nnc(COc2c(Br)cc(N)cc2Br)n1C. The lowest BCUT2D eigenvalue weighted by molar-refractivity contribution is 0.287. The van der Waals surface area contributed by atoms with Crippen LogP contribution in [-0.4, -0.2) is 14.8 Å². The van der Waals surface area contributed by atoms with E-state index in [0.29, 0.717) is 18.0 Å². The van der Waals surface area contributed by atoms with Crippen molar-refractivity contribution in [3.05, 3.63) is 32.7 Å². The van der Waals surface area contributed by atoms with Gasteiger partial charge in [-0.05, 0) is 50.9 Å². The van der Waals surface area contributed by atoms with E-state index in [0.717, 1.165) is 20.6 Å². The number of rotatable bonds is 3. The molecule has 2 rings (SSSR count). The summed E-state index contributed by atoms with van der Waals surface area (Å²) in [6.45, 7) is 2.24. The summed E-state index contributed by atoms with van der Waals surface area (Å²) in [6.07, 6.45) is 0. The molecule has 2 aromatic rings. The van der Waals surface area contributed by atoms with E-state index in [9.17, 15) is 0 Å². The summed E-state index contributed by atoms with van der Waals surface area (Å²) >= 11 is 6.83. The first-order valence-electron chi connectivity index (χ1n) is 5.21. The van der Waals surface area contributed by atoms with Gasteiger partial charge in [0, 0.05) is 12.7 Å². The normalized spacial score (nSPS) is 10.7. The van der Waals surface area contributed by atoms with Crippen LogP contribution in [0, 0.1) is 6.92 Å². The van der Waals surface area contributed by atoms with Crippen LogP contribution in [0.4, 0.5) is 5.69 Å². The molecular weight excluding hydrogens is 364 g/mol. The van der Waals surface area contributed by atoms with Crippen LogP contribution < -0.4 is 10.5 Å². The lowest BCUT2D eigenvalue weighted by Crippen LogP contribution is -2.05. The Labute approximate surface area is 122 Å². The van der Waals surface area contributed by atoms with Crippen molar-refractivity contribution < 1.29 is 4.74 Å². The Kier molecular flexibility index (Phi) is 3.91. The van der Waals surface area contributed by atoms with Crippen molar-refractivity contribution >= 4 is 37.5 Å². The molecule has 0 aliphatic heterocycles. The molecule has 0 aliphatic carbocycles. The van der Waals surface area contributed by atoms with Crippen LogP contribution in [0.5, 0.6) is 5.75 Å². The maximum atomic E-state index is 5.73. The van der Waals surface area contributed by atoms with E-state index < -0.39 is 0 Å². The van der Waals surface area contributed by atoms with Gasteiger partial charge < -0.3 is 15.0 Å². The minimum Gasteiger partial charge on any atom is -0.483 e. The molecule has 0 spiro atoms. The molecule has 1 aromatic heterocycles. The van der Waals surface area contributed by atoms with Gasteiger partial charge in [0.25, 0.3) is 0 Å². The van der Waals surface area contributed by atoms with E-state index in [4.69, 9.17) is 10.5 Å². The van der Waals surface area contributed by atoms with E-state index in [-0.39, 0.29) is 0 Å². The quantitative estimate of drug-likeness (QED) is 0.837. The summed E-state index contributed by atoms with van der Waals surface area (Å²) in [7, 11) is 1.90. The number of nitrogens with two attached hydrogens (primary N) is 1. The predicted octanol–water partition coefficient (Wildman–Crippen LogP) is 2.81. The smallest absolute Gasteiger partial charge is 0.170 e. The van der Waals surface area contributed by atoms with E-state index >= 15 is 0 Å². The Balaban J connectivity index is 2.18. The molecule has 5 nitrogen and oxygen atoms in total. The van der Waals surface area contributed by atoms with Crippen molar-refractivity contribution in [3.63, 3.8) is 0 Å². The van der Waals surface area contributed by atoms with Gasteiger partial charge in [0.1, 0.15) is 18.2 Å². The number of aromatic nitrogens is 3. The largest absolute Gasteiger partial charge is 0.483 e. The van der Waals surface area contributed by atoms with Crippen molar-refractivity contribution in [1.82, 2.24) is 14.8 Å². The molecule has 0 fully saturated rings. The van der Waals surface area contributed by atoms with Gasteiger partial charge in [-0.15, -0.1) is 10.2 Å². The summed E-state index contributed by atoms with van der Waals surface area (Å²) in [6, 6.07) is 3.59.